The summed E-state index contributed by atoms with van der Waals surface area (Å²) in [5.74, 6) is -1.13. The van der Waals surface area contributed by atoms with Crippen LogP contribution in [0.15, 0.2) is 60.2 Å². The molecule has 0 aromatic heterocycles. The summed E-state index contributed by atoms with van der Waals surface area (Å²) in [7, 11) is 0. The number of amides is 2. The van der Waals surface area contributed by atoms with Crippen molar-refractivity contribution in [2.24, 2.45) is 5.92 Å². The maximum Gasteiger partial charge on any atom is 0.407 e. The lowest BCUT2D eigenvalue weighted by molar-refractivity contribution is -0.139. The molecule has 1 fully saturated rings. The van der Waals surface area contributed by atoms with Crippen LogP contribution in [0.2, 0.25) is 0 Å². The van der Waals surface area contributed by atoms with E-state index < -0.39 is 12.1 Å². The van der Waals surface area contributed by atoms with Crippen LogP contribution in [0.1, 0.15) is 56.1 Å². The molecule has 4 rings (SSSR count). The Balaban J connectivity index is 1.26. The maximum absolute atomic E-state index is 12.6. The van der Waals surface area contributed by atoms with E-state index in [2.05, 4.69) is 34.9 Å². The minimum absolute atomic E-state index is 0.00884. The first-order valence-corrected chi connectivity index (χ1v) is 12.2. The van der Waals surface area contributed by atoms with Gasteiger partial charge in [0.2, 0.25) is 5.91 Å². The molecule has 7 heteroatoms. The number of hydrogen-bond donors (Lipinski definition) is 3. The second kappa shape index (κ2) is 11.2. The Morgan fingerprint density at radius 1 is 1.00 bits per heavy atom. The van der Waals surface area contributed by atoms with E-state index in [9.17, 15) is 14.4 Å². The van der Waals surface area contributed by atoms with Gasteiger partial charge in [0, 0.05) is 24.1 Å². The zero-order valence-corrected chi connectivity index (χ0v) is 20.0. The summed E-state index contributed by atoms with van der Waals surface area (Å²) in [6.07, 6.45) is 4.74. The molecule has 7 nitrogen and oxygen atoms in total. The number of fused-ring (bicyclic) bond motifs is 3. The van der Waals surface area contributed by atoms with Gasteiger partial charge in [-0.05, 0) is 47.9 Å². The van der Waals surface area contributed by atoms with E-state index in [1.165, 1.54) is 11.1 Å². The Bertz CT molecular complexity index is 1080. The third kappa shape index (κ3) is 5.91. The van der Waals surface area contributed by atoms with E-state index >= 15 is 0 Å². The van der Waals surface area contributed by atoms with Crippen molar-refractivity contribution in [3.63, 3.8) is 0 Å². The number of alkyl carbamates (subject to hydrolysis) is 1. The highest BCUT2D eigenvalue weighted by Crippen LogP contribution is 2.44. The zero-order chi connectivity index (χ0) is 24.8. The van der Waals surface area contributed by atoms with Gasteiger partial charge in [-0.2, -0.15) is 0 Å². The van der Waals surface area contributed by atoms with Gasteiger partial charge in [-0.15, -0.1) is 0 Å². The SMILES string of the molecule is C/C(=C\CNC(=O)OCC1c2ccccc2-c2ccccc21)C(=O)N[C@@H]1CCCC[C@@H]1CC(=O)O. The summed E-state index contributed by atoms with van der Waals surface area (Å²) < 4.78 is 5.52. The van der Waals surface area contributed by atoms with Crippen LogP contribution in [0, 0.1) is 5.92 Å². The second-order valence-electron chi connectivity index (χ2n) is 9.32. The van der Waals surface area contributed by atoms with Crippen molar-refractivity contribution in [3.8, 4) is 11.1 Å². The molecule has 2 aromatic carbocycles. The van der Waals surface area contributed by atoms with Crippen molar-refractivity contribution in [2.45, 2.75) is 51.0 Å². The lowest BCUT2D eigenvalue weighted by Gasteiger charge is -2.31. The van der Waals surface area contributed by atoms with Crippen molar-refractivity contribution in [2.75, 3.05) is 13.2 Å². The second-order valence-corrected chi connectivity index (χ2v) is 9.32. The Hall–Kier alpha value is -3.61. The summed E-state index contributed by atoms with van der Waals surface area (Å²) in [5, 5.41) is 14.8. The van der Waals surface area contributed by atoms with E-state index in [0.717, 1.165) is 36.8 Å². The Labute approximate surface area is 205 Å². The van der Waals surface area contributed by atoms with Crippen molar-refractivity contribution < 1.29 is 24.2 Å². The van der Waals surface area contributed by atoms with Gasteiger partial charge in [0.25, 0.3) is 0 Å². The lowest BCUT2D eigenvalue weighted by Crippen LogP contribution is -2.43. The summed E-state index contributed by atoms with van der Waals surface area (Å²) in [4.78, 5) is 36.0. The normalized spacial score (nSPS) is 19.4. The Morgan fingerprint density at radius 2 is 1.63 bits per heavy atom. The zero-order valence-electron chi connectivity index (χ0n) is 20.0. The average molecular weight is 477 g/mol. The highest BCUT2D eigenvalue weighted by molar-refractivity contribution is 5.93. The number of nitrogens with one attached hydrogen (secondary N) is 2. The molecule has 3 N–H and O–H groups in total. The number of carboxylic acids is 1. The first-order valence-electron chi connectivity index (χ1n) is 12.2. The molecule has 2 amide bonds. The molecule has 0 saturated heterocycles. The van der Waals surface area contributed by atoms with Gasteiger partial charge in [-0.25, -0.2) is 4.79 Å². The molecule has 35 heavy (non-hydrogen) atoms. The van der Waals surface area contributed by atoms with Gasteiger partial charge in [0.15, 0.2) is 0 Å². The predicted molar refractivity (Wildman–Crippen MR) is 133 cm³/mol. The van der Waals surface area contributed by atoms with Gasteiger partial charge < -0.3 is 20.5 Å². The molecule has 1 saturated carbocycles. The first kappa shape index (κ1) is 24.5. The van der Waals surface area contributed by atoms with Gasteiger partial charge in [0.1, 0.15) is 6.61 Å². The molecule has 2 aromatic rings. The van der Waals surface area contributed by atoms with Gasteiger partial charge in [0.05, 0.1) is 6.42 Å². The fourth-order valence-electron chi connectivity index (χ4n) is 5.18. The molecular formula is C28H32N2O5. The number of rotatable bonds is 8. The number of carbonyl (C=O) groups excluding carboxylic acids is 2. The smallest absolute Gasteiger partial charge is 0.407 e. The van der Waals surface area contributed by atoms with Crippen LogP contribution in [0.3, 0.4) is 0 Å². The maximum atomic E-state index is 12.6. The molecule has 0 aliphatic heterocycles. The van der Waals surface area contributed by atoms with E-state index in [1.54, 1.807) is 13.0 Å². The molecule has 2 atom stereocenters. The number of hydrogen-bond acceptors (Lipinski definition) is 4. The third-order valence-corrected chi connectivity index (χ3v) is 7.02. The fraction of sp³-hybridized carbons (Fsp3) is 0.393. The molecule has 0 spiro atoms. The van der Waals surface area contributed by atoms with Crippen LogP contribution >= 0.6 is 0 Å². The predicted octanol–water partition coefficient (Wildman–Crippen LogP) is 4.62. The summed E-state index contributed by atoms with van der Waals surface area (Å²) in [6, 6.07) is 16.2. The van der Waals surface area contributed by atoms with E-state index in [0.29, 0.717) is 5.57 Å². The lowest BCUT2D eigenvalue weighted by atomic mass is 9.82. The molecule has 0 radical (unpaired) electrons. The summed E-state index contributed by atoms with van der Waals surface area (Å²) >= 11 is 0. The first-order chi connectivity index (χ1) is 16.9. The fourth-order valence-corrected chi connectivity index (χ4v) is 5.18. The van der Waals surface area contributed by atoms with Crippen molar-refractivity contribution in [1.82, 2.24) is 10.6 Å². The third-order valence-electron chi connectivity index (χ3n) is 7.02. The van der Waals surface area contributed by atoms with Crippen molar-refractivity contribution >= 4 is 18.0 Å². The molecule has 0 unspecified atom stereocenters. The van der Waals surface area contributed by atoms with E-state index in [-0.39, 0.29) is 43.4 Å². The largest absolute Gasteiger partial charge is 0.481 e. The van der Waals surface area contributed by atoms with Gasteiger partial charge in [-0.1, -0.05) is 67.4 Å². The molecule has 2 aliphatic carbocycles. The Kier molecular flexibility index (Phi) is 7.85. The van der Waals surface area contributed by atoms with Crippen LogP contribution < -0.4 is 10.6 Å². The number of carboxylic acid groups (broad SMARTS) is 1. The molecule has 184 valence electrons. The van der Waals surface area contributed by atoms with Crippen LogP contribution in [0.25, 0.3) is 11.1 Å². The molecule has 0 bridgehead atoms. The highest BCUT2D eigenvalue weighted by Gasteiger charge is 2.30. The van der Waals surface area contributed by atoms with Crippen LogP contribution in [-0.2, 0) is 14.3 Å². The van der Waals surface area contributed by atoms with Gasteiger partial charge >= 0.3 is 12.1 Å². The van der Waals surface area contributed by atoms with Crippen LogP contribution in [-0.4, -0.2) is 42.3 Å². The van der Waals surface area contributed by atoms with E-state index in [1.807, 2.05) is 24.3 Å². The number of ether oxygens (including phenoxy) is 1. The quantitative estimate of drug-likeness (QED) is 0.482. The van der Waals surface area contributed by atoms with Gasteiger partial charge in [-0.3, -0.25) is 9.59 Å². The summed E-state index contributed by atoms with van der Waals surface area (Å²) in [5.41, 5.74) is 5.12. The number of benzene rings is 2. The Morgan fingerprint density at radius 3 is 2.29 bits per heavy atom. The molecule has 2 aliphatic rings. The average Bonchev–Trinajstić information content (AvgIpc) is 3.17. The monoisotopic (exact) mass is 476 g/mol. The van der Waals surface area contributed by atoms with E-state index in [4.69, 9.17) is 9.84 Å². The van der Waals surface area contributed by atoms with Crippen molar-refractivity contribution in [1.29, 1.82) is 0 Å². The standard InChI is InChI=1S/C28H32N2O5/c1-18(27(33)30-25-13-7-2-8-19(25)16-26(31)32)14-15-29-28(34)35-17-24-22-11-5-3-9-20(22)21-10-4-6-12-23(21)24/h3-6,9-12,14,19,24-25H,2,7-8,13,15-17H2,1H3,(H,29,34)(H,30,33)(H,31,32)/b18-14+/t19-,25-/m1/s1. The molecular weight excluding hydrogens is 444 g/mol. The minimum atomic E-state index is -0.837. The van der Waals surface area contributed by atoms with Crippen molar-refractivity contribution in [3.05, 3.63) is 71.3 Å². The summed E-state index contributed by atoms with van der Waals surface area (Å²) in [6.45, 7) is 2.08. The number of aliphatic carboxylic acids is 1. The highest BCUT2D eigenvalue weighted by atomic mass is 16.5. The molecule has 0 heterocycles. The minimum Gasteiger partial charge on any atom is -0.481 e. The number of carbonyl (C=O) groups is 3. The van der Waals surface area contributed by atoms with Crippen LogP contribution in [0.4, 0.5) is 4.79 Å². The topological polar surface area (TPSA) is 105 Å². The van der Waals surface area contributed by atoms with Crippen LogP contribution in [0.5, 0.6) is 0 Å².